The average Bonchev–Trinajstić information content (AvgIpc) is 2.47. The maximum absolute atomic E-state index is 12.2. The molecule has 2 aliphatic heterocycles. The van der Waals surface area contributed by atoms with Gasteiger partial charge in [0.1, 0.15) is 17.0 Å². The van der Waals surface area contributed by atoms with Crippen LogP contribution in [0.25, 0.3) is 0 Å². The molecule has 0 radical (unpaired) electrons. The van der Waals surface area contributed by atoms with Crippen LogP contribution >= 0.6 is 27.5 Å². The van der Waals surface area contributed by atoms with E-state index < -0.39 is 5.60 Å². The molecule has 0 aromatic heterocycles. The summed E-state index contributed by atoms with van der Waals surface area (Å²) in [6, 6.07) is 5.96. The number of alkyl halides is 1. The van der Waals surface area contributed by atoms with Gasteiger partial charge in [-0.3, -0.25) is 0 Å². The second-order valence-corrected chi connectivity index (χ2v) is 9.05. The van der Waals surface area contributed by atoms with E-state index >= 15 is 0 Å². The Labute approximate surface area is 156 Å². The van der Waals surface area contributed by atoms with Crippen LogP contribution in [0.15, 0.2) is 22.7 Å². The largest absolute Gasteiger partial charge is 0.487 e. The molecule has 0 bridgehead atoms. The second-order valence-electron chi connectivity index (χ2n) is 7.61. The van der Waals surface area contributed by atoms with E-state index in [1.807, 2.05) is 39.0 Å². The van der Waals surface area contributed by atoms with Gasteiger partial charge in [-0.25, -0.2) is 4.79 Å². The fourth-order valence-corrected chi connectivity index (χ4v) is 4.13. The van der Waals surface area contributed by atoms with Crippen molar-refractivity contribution in [3.05, 3.63) is 28.2 Å². The van der Waals surface area contributed by atoms with Crippen molar-refractivity contribution in [1.82, 2.24) is 4.90 Å². The van der Waals surface area contributed by atoms with Crippen LogP contribution in [0.5, 0.6) is 5.75 Å². The van der Waals surface area contributed by atoms with Gasteiger partial charge in [-0.1, -0.05) is 15.9 Å². The quantitative estimate of drug-likeness (QED) is 0.540. The van der Waals surface area contributed by atoms with E-state index in [2.05, 4.69) is 15.9 Å². The Morgan fingerprint density at radius 2 is 2.04 bits per heavy atom. The molecule has 1 saturated heterocycles. The summed E-state index contributed by atoms with van der Waals surface area (Å²) in [5.74, 6) is 0.857. The number of nitrogens with zero attached hydrogens (tertiary/aromatic N) is 1. The minimum absolute atomic E-state index is 0.0701. The molecular weight excluding hydrogens is 394 g/mol. The van der Waals surface area contributed by atoms with Gasteiger partial charge in [0, 0.05) is 42.4 Å². The first-order valence-corrected chi connectivity index (χ1v) is 9.51. The molecule has 6 heteroatoms. The topological polar surface area (TPSA) is 38.8 Å². The Bertz CT molecular complexity index is 636. The minimum atomic E-state index is -0.471. The van der Waals surface area contributed by atoms with E-state index in [-0.39, 0.29) is 17.1 Å². The van der Waals surface area contributed by atoms with Crippen LogP contribution in [-0.4, -0.2) is 35.3 Å². The number of likely N-dealkylation sites (tertiary alicyclic amines) is 1. The zero-order valence-corrected chi connectivity index (χ0v) is 16.6. The highest BCUT2D eigenvalue weighted by Gasteiger charge is 2.44. The van der Waals surface area contributed by atoms with Crippen LogP contribution in [-0.2, 0) is 4.74 Å². The van der Waals surface area contributed by atoms with Crippen molar-refractivity contribution in [3.63, 3.8) is 0 Å². The van der Waals surface area contributed by atoms with Crippen LogP contribution in [0.3, 0.4) is 0 Å². The third-order valence-electron chi connectivity index (χ3n) is 4.51. The zero-order valence-electron chi connectivity index (χ0n) is 14.3. The van der Waals surface area contributed by atoms with E-state index in [0.717, 1.165) is 35.0 Å². The number of fused-ring (bicyclic) bond motifs is 1. The molecule has 3 rings (SSSR count). The van der Waals surface area contributed by atoms with Crippen molar-refractivity contribution in [2.24, 2.45) is 0 Å². The second kappa shape index (κ2) is 6.41. The number of benzene rings is 1. The number of carbonyl (C=O) groups excluding carboxylic acids is 1. The van der Waals surface area contributed by atoms with E-state index in [9.17, 15) is 4.79 Å². The highest BCUT2D eigenvalue weighted by atomic mass is 79.9. The lowest BCUT2D eigenvalue weighted by molar-refractivity contribution is -0.0281. The van der Waals surface area contributed by atoms with Crippen LogP contribution in [0.2, 0.25) is 0 Å². The lowest BCUT2D eigenvalue weighted by Gasteiger charge is -2.45. The van der Waals surface area contributed by atoms with Gasteiger partial charge < -0.3 is 14.4 Å². The van der Waals surface area contributed by atoms with E-state index in [1.54, 1.807) is 4.90 Å². The predicted molar refractivity (Wildman–Crippen MR) is 97.8 cm³/mol. The molecular formula is C18H23BrClNO3. The highest BCUT2D eigenvalue weighted by molar-refractivity contribution is 9.10. The Balaban J connectivity index is 1.68. The maximum atomic E-state index is 12.2. The highest BCUT2D eigenvalue weighted by Crippen LogP contribution is 2.47. The Hall–Kier alpha value is -0.940. The standard InChI is InChI=1S/C18H23BrClNO3/c1-17(2,3)24-16(22)21-8-6-18(7-9-21)11-14(20)13-10-12(19)4-5-15(13)23-18/h4-5,10,14H,6-9,11H2,1-3H3. The fourth-order valence-electron chi connectivity index (χ4n) is 3.30. The van der Waals surface area contributed by atoms with Gasteiger partial charge in [0.15, 0.2) is 0 Å². The van der Waals surface area contributed by atoms with Gasteiger partial charge in [-0.2, -0.15) is 0 Å². The number of amides is 1. The summed E-state index contributed by atoms with van der Waals surface area (Å²) in [4.78, 5) is 14.0. The number of halogens is 2. The summed E-state index contributed by atoms with van der Waals surface area (Å²) >= 11 is 10.1. The van der Waals surface area contributed by atoms with Crippen LogP contribution < -0.4 is 4.74 Å². The molecule has 132 valence electrons. The van der Waals surface area contributed by atoms with Gasteiger partial charge in [0.2, 0.25) is 0 Å². The number of carbonyl (C=O) groups is 1. The van der Waals surface area contributed by atoms with Crippen molar-refractivity contribution in [2.75, 3.05) is 13.1 Å². The van der Waals surface area contributed by atoms with Crippen LogP contribution in [0, 0.1) is 0 Å². The minimum Gasteiger partial charge on any atom is -0.487 e. The Morgan fingerprint density at radius 1 is 1.38 bits per heavy atom. The van der Waals surface area contributed by atoms with Crippen molar-refractivity contribution >= 4 is 33.6 Å². The third-order valence-corrected chi connectivity index (χ3v) is 5.40. The molecule has 1 aromatic carbocycles. The maximum Gasteiger partial charge on any atom is 0.410 e. The van der Waals surface area contributed by atoms with Gasteiger partial charge in [0.25, 0.3) is 0 Å². The normalized spacial score (nSPS) is 22.7. The molecule has 1 atom stereocenters. The number of piperidine rings is 1. The SMILES string of the molecule is CC(C)(C)OC(=O)N1CCC2(CC1)CC(Cl)c1cc(Br)ccc1O2. The first-order valence-electron chi connectivity index (χ1n) is 8.28. The Morgan fingerprint density at radius 3 is 2.67 bits per heavy atom. The van der Waals surface area contributed by atoms with Crippen molar-refractivity contribution in [3.8, 4) is 5.75 Å². The van der Waals surface area contributed by atoms with E-state index in [0.29, 0.717) is 13.1 Å². The van der Waals surface area contributed by atoms with Crippen LogP contribution in [0.1, 0.15) is 51.0 Å². The molecule has 4 nitrogen and oxygen atoms in total. The summed E-state index contributed by atoms with van der Waals surface area (Å²) in [5.41, 5.74) is 0.276. The number of hydrogen-bond donors (Lipinski definition) is 0. The molecule has 1 amide bonds. The smallest absolute Gasteiger partial charge is 0.410 e. The number of hydrogen-bond acceptors (Lipinski definition) is 3. The molecule has 0 aliphatic carbocycles. The summed E-state index contributed by atoms with van der Waals surface area (Å²) in [6.45, 7) is 6.91. The van der Waals surface area contributed by atoms with E-state index in [1.165, 1.54) is 0 Å². The van der Waals surface area contributed by atoms with Gasteiger partial charge in [0.05, 0.1) is 5.38 Å². The molecule has 1 unspecified atom stereocenters. The van der Waals surface area contributed by atoms with E-state index in [4.69, 9.17) is 21.1 Å². The summed E-state index contributed by atoms with van der Waals surface area (Å²) in [5, 5.41) is -0.0701. The van der Waals surface area contributed by atoms with Crippen molar-refractivity contribution in [2.45, 2.75) is 56.6 Å². The molecule has 0 saturated carbocycles. The summed E-state index contributed by atoms with van der Waals surface area (Å²) in [6.07, 6.45) is 2.05. The first kappa shape index (κ1) is 17.9. The van der Waals surface area contributed by atoms with Crippen molar-refractivity contribution in [1.29, 1.82) is 0 Å². The molecule has 1 fully saturated rings. The van der Waals surface area contributed by atoms with Gasteiger partial charge in [-0.05, 0) is 39.0 Å². The van der Waals surface area contributed by atoms with Crippen molar-refractivity contribution < 1.29 is 14.3 Å². The molecule has 2 heterocycles. The molecule has 1 aromatic rings. The predicted octanol–water partition coefficient (Wildman–Crippen LogP) is 5.28. The summed E-state index contributed by atoms with van der Waals surface area (Å²) < 4.78 is 12.8. The molecule has 1 spiro atoms. The average molecular weight is 417 g/mol. The van der Waals surface area contributed by atoms with Crippen LogP contribution in [0.4, 0.5) is 4.79 Å². The lowest BCUT2D eigenvalue weighted by Crippen LogP contribution is -2.52. The monoisotopic (exact) mass is 415 g/mol. The first-order chi connectivity index (χ1) is 11.2. The Kier molecular flexibility index (Phi) is 4.77. The molecule has 2 aliphatic rings. The van der Waals surface area contributed by atoms with Gasteiger partial charge >= 0.3 is 6.09 Å². The molecule has 0 N–H and O–H groups in total. The summed E-state index contributed by atoms with van der Waals surface area (Å²) in [7, 11) is 0. The third kappa shape index (κ3) is 3.83. The van der Waals surface area contributed by atoms with Gasteiger partial charge in [-0.15, -0.1) is 11.6 Å². The number of rotatable bonds is 0. The number of ether oxygens (including phenoxy) is 2. The molecule has 24 heavy (non-hydrogen) atoms. The fraction of sp³-hybridized carbons (Fsp3) is 0.611. The lowest BCUT2D eigenvalue weighted by atomic mass is 9.83. The zero-order chi connectivity index (χ0) is 17.5.